The summed E-state index contributed by atoms with van der Waals surface area (Å²) in [6.07, 6.45) is 1.41. The van der Waals surface area contributed by atoms with Crippen LogP contribution in [0.4, 0.5) is 0 Å². The van der Waals surface area contributed by atoms with Crippen molar-refractivity contribution in [3.8, 4) is 16.9 Å². The smallest absolute Gasteiger partial charge is 0.328 e. The van der Waals surface area contributed by atoms with Crippen LogP contribution in [0.2, 0.25) is 0 Å². The first-order valence-electron chi connectivity index (χ1n) is 8.29. The highest BCUT2D eigenvalue weighted by atomic mass is 32.1. The minimum atomic E-state index is -0.738. The predicted octanol–water partition coefficient (Wildman–Crippen LogP) is 3.57. The van der Waals surface area contributed by atoms with Crippen molar-refractivity contribution in [2.75, 3.05) is 13.7 Å². The van der Waals surface area contributed by atoms with Crippen LogP contribution in [0.15, 0.2) is 35.4 Å². The number of aromatic nitrogens is 2. The largest absolute Gasteiger partial charge is 0.494 e. The van der Waals surface area contributed by atoms with E-state index in [0.717, 1.165) is 21.8 Å². The summed E-state index contributed by atoms with van der Waals surface area (Å²) in [4.78, 5) is 30.9. The van der Waals surface area contributed by atoms with Crippen LogP contribution in [0.1, 0.15) is 24.8 Å². The molecule has 0 aliphatic carbocycles. The molecule has 0 bridgehead atoms. The third-order valence-electron chi connectivity index (χ3n) is 4.23. The highest BCUT2D eigenvalue weighted by Gasteiger charge is 2.22. The average Bonchev–Trinajstić information content (AvgIpc) is 2.98. The van der Waals surface area contributed by atoms with Gasteiger partial charge in [-0.15, -0.1) is 11.3 Å². The molecule has 0 aliphatic heterocycles. The topological polar surface area (TPSA) is 70.4 Å². The van der Waals surface area contributed by atoms with Gasteiger partial charge in [-0.1, -0.05) is 12.1 Å². The summed E-state index contributed by atoms with van der Waals surface area (Å²) in [6, 6.07) is 6.89. The Bertz CT molecular complexity index is 1000. The fourth-order valence-electron chi connectivity index (χ4n) is 2.91. The van der Waals surface area contributed by atoms with E-state index >= 15 is 0 Å². The van der Waals surface area contributed by atoms with Crippen LogP contribution < -0.4 is 10.3 Å². The Morgan fingerprint density at radius 2 is 2.00 bits per heavy atom. The molecule has 136 valence electrons. The van der Waals surface area contributed by atoms with Crippen LogP contribution in [0.25, 0.3) is 21.3 Å². The van der Waals surface area contributed by atoms with Gasteiger partial charge < -0.3 is 9.47 Å². The molecule has 6 nitrogen and oxygen atoms in total. The summed E-state index contributed by atoms with van der Waals surface area (Å²) in [5, 5.41) is 0.523. The maximum atomic E-state index is 13.1. The van der Waals surface area contributed by atoms with E-state index in [1.54, 1.807) is 6.92 Å². The molecule has 0 fully saturated rings. The van der Waals surface area contributed by atoms with Crippen molar-refractivity contribution in [3.63, 3.8) is 0 Å². The Balaban J connectivity index is 2.18. The third-order valence-corrected chi connectivity index (χ3v) is 5.24. The number of rotatable bonds is 5. The Kier molecular flexibility index (Phi) is 5.08. The molecule has 1 aromatic carbocycles. The molecule has 0 saturated carbocycles. The van der Waals surface area contributed by atoms with E-state index < -0.39 is 12.0 Å². The van der Waals surface area contributed by atoms with Gasteiger partial charge in [0.05, 0.1) is 25.4 Å². The van der Waals surface area contributed by atoms with Gasteiger partial charge in [0.1, 0.15) is 16.6 Å². The van der Waals surface area contributed by atoms with Crippen molar-refractivity contribution < 1.29 is 14.3 Å². The molecular weight excluding hydrogens is 352 g/mol. The number of ether oxygens (including phenoxy) is 2. The van der Waals surface area contributed by atoms with Crippen molar-refractivity contribution in [2.45, 2.75) is 26.8 Å². The van der Waals surface area contributed by atoms with Crippen molar-refractivity contribution >= 4 is 27.5 Å². The zero-order valence-corrected chi connectivity index (χ0v) is 15.9. The normalized spacial score (nSPS) is 12.2. The molecule has 2 aromatic heterocycles. The van der Waals surface area contributed by atoms with Crippen LogP contribution in [0.5, 0.6) is 5.75 Å². The Morgan fingerprint density at radius 3 is 2.62 bits per heavy atom. The summed E-state index contributed by atoms with van der Waals surface area (Å²) in [5.41, 5.74) is 1.51. The maximum absolute atomic E-state index is 13.1. The minimum Gasteiger partial charge on any atom is -0.494 e. The third kappa shape index (κ3) is 3.10. The highest BCUT2D eigenvalue weighted by molar-refractivity contribution is 7.19. The molecule has 0 spiro atoms. The van der Waals surface area contributed by atoms with E-state index in [9.17, 15) is 9.59 Å². The van der Waals surface area contributed by atoms with E-state index in [2.05, 4.69) is 4.98 Å². The summed E-state index contributed by atoms with van der Waals surface area (Å²) in [6.45, 7) is 6.11. The lowest BCUT2D eigenvalue weighted by atomic mass is 10.0. The van der Waals surface area contributed by atoms with E-state index in [4.69, 9.17) is 9.47 Å². The molecule has 0 N–H and O–H groups in total. The van der Waals surface area contributed by atoms with Gasteiger partial charge in [-0.3, -0.25) is 9.36 Å². The zero-order chi connectivity index (χ0) is 18.8. The van der Waals surface area contributed by atoms with Crippen LogP contribution >= 0.6 is 11.3 Å². The first-order valence-corrected chi connectivity index (χ1v) is 9.10. The van der Waals surface area contributed by atoms with E-state index in [1.807, 2.05) is 38.1 Å². The van der Waals surface area contributed by atoms with Gasteiger partial charge in [-0.05, 0) is 38.5 Å². The number of benzene rings is 1. The maximum Gasteiger partial charge on any atom is 0.328 e. The van der Waals surface area contributed by atoms with Gasteiger partial charge >= 0.3 is 5.97 Å². The second-order valence-electron chi connectivity index (χ2n) is 5.83. The van der Waals surface area contributed by atoms with Crippen molar-refractivity contribution in [1.29, 1.82) is 0 Å². The summed E-state index contributed by atoms with van der Waals surface area (Å²) in [7, 11) is 1.30. The van der Waals surface area contributed by atoms with E-state index in [0.29, 0.717) is 16.8 Å². The molecule has 0 unspecified atom stereocenters. The van der Waals surface area contributed by atoms with Crippen molar-refractivity contribution in [3.05, 3.63) is 45.8 Å². The van der Waals surface area contributed by atoms with Gasteiger partial charge in [0.2, 0.25) is 0 Å². The number of hydrogen-bond acceptors (Lipinski definition) is 6. The average molecular weight is 372 g/mol. The second kappa shape index (κ2) is 7.29. The lowest BCUT2D eigenvalue weighted by Crippen LogP contribution is -2.29. The fourth-order valence-corrected chi connectivity index (χ4v) is 3.91. The summed E-state index contributed by atoms with van der Waals surface area (Å²) >= 11 is 1.46. The van der Waals surface area contributed by atoms with Gasteiger partial charge in [0.15, 0.2) is 0 Å². The lowest BCUT2D eigenvalue weighted by Gasteiger charge is -2.12. The standard InChI is InChI=1S/C19H20N2O4S/c1-5-25-14-8-6-13(7-9-14)15-12(3)26-17-16(15)18(22)21(10-20-17)11(2)19(23)24-4/h6-11H,5H2,1-4H3/t11-/m0/s1. The first-order chi connectivity index (χ1) is 12.5. The van der Waals surface area contributed by atoms with Gasteiger partial charge in [0.25, 0.3) is 5.56 Å². The second-order valence-corrected chi connectivity index (χ2v) is 7.03. The number of nitrogens with zero attached hydrogens (tertiary/aromatic N) is 2. The van der Waals surface area contributed by atoms with Crippen LogP contribution in [0.3, 0.4) is 0 Å². The number of carbonyl (C=O) groups excluding carboxylic acids is 1. The molecule has 3 rings (SSSR count). The molecular formula is C19H20N2O4S. The predicted molar refractivity (Wildman–Crippen MR) is 102 cm³/mol. The monoisotopic (exact) mass is 372 g/mol. The number of aryl methyl sites for hydroxylation is 1. The molecule has 3 aromatic rings. The molecule has 1 atom stereocenters. The van der Waals surface area contributed by atoms with Crippen LogP contribution in [-0.2, 0) is 9.53 Å². The lowest BCUT2D eigenvalue weighted by molar-refractivity contribution is -0.144. The number of hydrogen-bond donors (Lipinski definition) is 0. The van der Waals surface area contributed by atoms with Crippen molar-refractivity contribution in [1.82, 2.24) is 9.55 Å². The molecule has 2 heterocycles. The molecule has 26 heavy (non-hydrogen) atoms. The van der Waals surface area contributed by atoms with Gasteiger partial charge in [0, 0.05) is 10.4 Å². The zero-order valence-electron chi connectivity index (χ0n) is 15.1. The first kappa shape index (κ1) is 18.1. The Morgan fingerprint density at radius 1 is 1.31 bits per heavy atom. The van der Waals surface area contributed by atoms with Gasteiger partial charge in [-0.25, -0.2) is 9.78 Å². The number of methoxy groups -OCH3 is 1. The molecule has 7 heteroatoms. The number of fused-ring (bicyclic) bond motifs is 1. The fraction of sp³-hybridized carbons (Fsp3) is 0.316. The quantitative estimate of drug-likeness (QED) is 0.641. The molecule has 0 radical (unpaired) electrons. The molecule has 0 amide bonds. The summed E-state index contributed by atoms with van der Waals surface area (Å²) < 4.78 is 11.6. The number of thiophene rings is 1. The minimum absolute atomic E-state index is 0.249. The number of esters is 1. The van der Waals surface area contributed by atoms with Crippen molar-refractivity contribution in [2.24, 2.45) is 0 Å². The van der Waals surface area contributed by atoms with Crippen LogP contribution in [0, 0.1) is 6.92 Å². The molecule has 0 saturated heterocycles. The van der Waals surface area contributed by atoms with Gasteiger partial charge in [-0.2, -0.15) is 0 Å². The highest BCUT2D eigenvalue weighted by Crippen LogP contribution is 2.36. The van der Waals surface area contributed by atoms with E-state index in [-0.39, 0.29) is 5.56 Å². The molecule has 0 aliphatic rings. The summed E-state index contributed by atoms with van der Waals surface area (Å²) in [5.74, 6) is 0.297. The SMILES string of the molecule is CCOc1ccc(-c2c(C)sc3ncn([C@@H](C)C(=O)OC)c(=O)c23)cc1. The van der Waals surface area contributed by atoms with Crippen LogP contribution in [-0.4, -0.2) is 29.2 Å². The Labute approximate surface area is 155 Å². The Hall–Kier alpha value is -2.67. The van der Waals surface area contributed by atoms with E-state index in [1.165, 1.54) is 29.3 Å². The number of carbonyl (C=O) groups is 1.